The van der Waals surface area contributed by atoms with Gasteiger partial charge in [-0.25, -0.2) is 9.79 Å². The number of aliphatic imine (C=N–C) groups is 1. The van der Waals surface area contributed by atoms with Gasteiger partial charge in [0, 0.05) is 37.8 Å². The van der Waals surface area contributed by atoms with Crippen LogP contribution in [0.2, 0.25) is 0 Å². The molecule has 8 heteroatoms. The van der Waals surface area contributed by atoms with Crippen LogP contribution in [0.5, 0.6) is 0 Å². The number of nitrogens with zero attached hydrogens (tertiary/aromatic N) is 3. The quantitative estimate of drug-likeness (QED) is 0.718. The number of allylic oxidation sites excluding steroid dienone is 1. The lowest BCUT2D eigenvalue weighted by Gasteiger charge is -2.41. The summed E-state index contributed by atoms with van der Waals surface area (Å²) in [7, 11) is 3.40. The van der Waals surface area contributed by atoms with Gasteiger partial charge in [-0.3, -0.25) is 4.79 Å². The van der Waals surface area contributed by atoms with Crippen LogP contribution in [0.4, 0.5) is 16.2 Å². The van der Waals surface area contributed by atoms with Crippen molar-refractivity contribution >= 4 is 40.2 Å². The lowest BCUT2D eigenvalue weighted by Crippen LogP contribution is -2.43. The van der Waals surface area contributed by atoms with Crippen molar-refractivity contribution < 1.29 is 9.59 Å². The zero-order valence-corrected chi connectivity index (χ0v) is 19.3. The SMILES string of the molecule is CC1=C(C(=O)Nc2ccccc2)C(c2ccc(NC(=O)N(C)C)cc2)N2CCCSC2=N1. The Hall–Kier alpha value is -3.26. The number of thioether (sulfide) groups is 1. The molecule has 1 saturated heterocycles. The predicted molar refractivity (Wildman–Crippen MR) is 131 cm³/mol. The first-order chi connectivity index (χ1) is 15.4. The number of benzene rings is 2. The Morgan fingerprint density at radius 2 is 1.72 bits per heavy atom. The second kappa shape index (κ2) is 9.48. The van der Waals surface area contributed by atoms with E-state index in [9.17, 15) is 9.59 Å². The Balaban J connectivity index is 1.67. The molecular weight excluding hydrogens is 422 g/mol. The van der Waals surface area contributed by atoms with Crippen LogP contribution in [-0.2, 0) is 4.79 Å². The molecule has 7 nitrogen and oxygen atoms in total. The fraction of sp³-hybridized carbons (Fsp3) is 0.292. The molecule has 2 aromatic rings. The van der Waals surface area contributed by atoms with Gasteiger partial charge < -0.3 is 20.4 Å². The highest BCUT2D eigenvalue weighted by molar-refractivity contribution is 8.13. The molecule has 0 aliphatic carbocycles. The first kappa shape index (κ1) is 22.0. The van der Waals surface area contributed by atoms with Crippen LogP contribution in [0.1, 0.15) is 24.9 Å². The number of hydrogen-bond donors (Lipinski definition) is 2. The molecule has 0 radical (unpaired) electrons. The van der Waals surface area contributed by atoms with Crippen molar-refractivity contribution in [2.75, 3.05) is 37.0 Å². The van der Waals surface area contributed by atoms with E-state index in [1.807, 2.05) is 61.5 Å². The molecule has 2 N–H and O–H groups in total. The summed E-state index contributed by atoms with van der Waals surface area (Å²) in [5.41, 5.74) is 3.82. The fourth-order valence-corrected chi connectivity index (χ4v) is 4.83. The molecule has 0 spiro atoms. The summed E-state index contributed by atoms with van der Waals surface area (Å²) in [6, 6.07) is 16.7. The molecule has 2 aliphatic rings. The van der Waals surface area contributed by atoms with Crippen molar-refractivity contribution in [3.63, 3.8) is 0 Å². The van der Waals surface area contributed by atoms with Crippen molar-refractivity contribution in [1.82, 2.24) is 9.80 Å². The molecule has 1 unspecified atom stereocenters. The number of para-hydroxylation sites is 1. The van der Waals surface area contributed by atoms with Crippen LogP contribution in [0.15, 0.2) is 70.9 Å². The van der Waals surface area contributed by atoms with E-state index in [-0.39, 0.29) is 18.0 Å². The number of anilines is 2. The van der Waals surface area contributed by atoms with Gasteiger partial charge in [0.25, 0.3) is 5.91 Å². The van der Waals surface area contributed by atoms with Gasteiger partial charge in [0.1, 0.15) is 0 Å². The van der Waals surface area contributed by atoms with Crippen LogP contribution >= 0.6 is 11.8 Å². The van der Waals surface area contributed by atoms with Gasteiger partial charge in [0.15, 0.2) is 5.17 Å². The molecule has 166 valence electrons. The highest BCUT2D eigenvalue weighted by Crippen LogP contribution is 2.40. The summed E-state index contributed by atoms with van der Waals surface area (Å²) in [6.07, 6.45) is 1.03. The third-order valence-corrected chi connectivity index (χ3v) is 6.50. The molecule has 4 rings (SSSR count). The normalized spacial score (nSPS) is 17.9. The third kappa shape index (κ3) is 4.65. The van der Waals surface area contributed by atoms with Crippen molar-refractivity contribution in [2.45, 2.75) is 19.4 Å². The second-order valence-corrected chi connectivity index (χ2v) is 9.02. The van der Waals surface area contributed by atoms with Crippen molar-refractivity contribution in [1.29, 1.82) is 0 Å². The number of carbonyl (C=O) groups is 2. The van der Waals surface area contributed by atoms with Gasteiger partial charge in [0.2, 0.25) is 0 Å². The maximum absolute atomic E-state index is 13.4. The monoisotopic (exact) mass is 449 g/mol. The van der Waals surface area contributed by atoms with Crippen LogP contribution in [0, 0.1) is 0 Å². The number of hydrogen-bond acceptors (Lipinski definition) is 5. The minimum atomic E-state index is -0.238. The summed E-state index contributed by atoms with van der Waals surface area (Å²) < 4.78 is 0. The van der Waals surface area contributed by atoms with E-state index in [0.29, 0.717) is 11.3 Å². The summed E-state index contributed by atoms with van der Waals surface area (Å²) in [5.74, 6) is 0.873. The number of urea groups is 1. The van der Waals surface area contributed by atoms with Gasteiger partial charge in [-0.2, -0.15) is 0 Å². The standard InChI is InChI=1S/C24H27N5O2S/c1-16-20(22(30)26-18-8-5-4-6-9-18)21(29-14-7-15-32-24(29)25-16)17-10-12-19(13-11-17)27-23(31)28(2)3/h4-6,8-13,21H,7,14-15H2,1-3H3,(H,26,30)(H,27,31). The Labute approximate surface area is 192 Å². The minimum absolute atomic E-state index is 0.151. The Morgan fingerprint density at radius 1 is 1.03 bits per heavy atom. The van der Waals surface area contributed by atoms with E-state index in [1.165, 1.54) is 4.90 Å². The second-order valence-electron chi connectivity index (χ2n) is 7.96. The first-order valence-corrected chi connectivity index (χ1v) is 11.6. The fourth-order valence-electron chi connectivity index (χ4n) is 3.81. The molecule has 0 bridgehead atoms. The van der Waals surface area contributed by atoms with Gasteiger partial charge in [0.05, 0.1) is 17.3 Å². The van der Waals surface area contributed by atoms with Crippen molar-refractivity contribution in [3.05, 3.63) is 71.4 Å². The number of amidine groups is 1. The molecule has 0 saturated carbocycles. The molecule has 32 heavy (non-hydrogen) atoms. The highest BCUT2D eigenvalue weighted by Gasteiger charge is 2.37. The summed E-state index contributed by atoms with van der Waals surface area (Å²) in [5, 5.41) is 6.84. The molecular formula is C24H27N5O2S. The summed E-state index contributed by atoms with van der Waals surface area (Å²) in [6.45, 7) is 2.74. The molecule has 0 aromatic heterocycles. The maximum atomic E-state index is 13.4. The maximum Gasteiger partial charge on any atom is 0.321 e. The van der Waals surface area contributed by atoms with E-state index in [1.54, 1.807) is 25.9 Å². The van der Waals surface area contributed by atoms with Crippen LogP contribution in [0.3, 0.4) is 0 Å². The van der Waals surface area contributed by atoms with Crippen LogP contribution in [-0.4, -0.2) is 53.3 Å². The predicted octanol–water partition coefficient (Wildman–Crippen LogP) is 4.54. The molecule has 1 fully saturated rings. The molecule has 3 amide bonds. The molecule has 2 aliphatic heterocycles. The Bertz CT molecular complexity index is 1060. The van der Waals surface area contributed by atoms with Gasteiger partial charge >= 0.3 is 6.03 Å². The van der Waals surface area contributed by atoms with Gasteiger partial charge in [-0.1, -0.05) is 42.1 Å². The zero-order valence-electron chi connectivity index (χ0n) is 18.5. The van der Waals surface area contributed by atoms with Gasteiger partial charge in [-0.05, 0) is 43.2 Å². The van der Waals surface area contributed by atoms with Crippen LogP contribution in [0.25, 0.3) is 0 Å². The molecule has 2 aromatic carbocycles. The topological polar surface area (TPSA) is 77.0 Å². The number of carbonyl (C=O) groups excluding carboxylic acids is 2. The minimum Gasteiger partial charge on any atom is -0.340 e. The molecule has 2 heterocycles. The molecule has 1 atom stereocenters. The van der Waals surface area contributed by atoms with E-state index < -0.39 is 0 Å². The average Bonchev–Trinajstić information content (AvgIpc) is 2.79. The largest absolute Gasteiger partial charge is 0.340 e. The Morgan fingerprint density at radius 3 is 2.41 bits per heavy atom. The van der Waals surface area contributed by atoms with Crippen molar-refractivity contribution in [3.8, 4) is 0 Å². The zero-order chi connectivity index (χ0) is 22.7. The van der Waals surface area contributed by atoms with E-state index in [0.717, 1.165) is 40.8 Å². The van der Waals surface area contributed by atoms with Gasteiger partial charge in [-0.15, -0.1) is 0 Å². The van der Waals surface area contributed by atoms with Crippen LogP contribution < -0.4 is 10.6 Å². The lowest BCUT2D eigenvalue weighted by atomic mass is 9.93. The average molecular weight is 450 g/mol. The summed E-state index contributed by atoms with van der Waals surface area (Å²) in [4.78, 5) is 33.8. The number of amides is 3. The van der Waals surface area contributed by atoms with E-state index in [2.05, 4.69) is 15.5 Å². The number of nitrogens with one attached hydrogen (secondary N) is 2. The third-order valence-electron chi connectivity index (χ3n) is 5.42. The van der Waals surface area contributed by atoms with E-state index in [4.69, 9.17) is 4.99 Å². The number of rotatable bonds is 4. The highest BCUT2D eigenvalue weighted by atomic mass is 32.2. The Kier molecular flexibility index (Phi) is 6.50. The van der Waals surface area contributed by atoms with E-state index >= 15 is 0 Å². The lowest BCUT2D eigenvalue weighted by molar-refractivity contribution is -0.113. The summed E-state index contributed by atoms with van der Waals surface area (Å²) >= 11 is 1.73. The smallest absolute Gasteiger partial charge is 0.321 e. The van der Waals surface area contributed by atoms with Crippen molar-refractivity contribution in [2.24, 2.45) is 4.99 Å². The number of fused-ring (bicyclic) bond motifs is 1. The first-order valence-electron chi connectivity index (χ1n) is 10.6.